The van der Waals surface area contributed by atoms with Gasteiger partial charge in [-0.25, -0.2) is 0 Å². The van der Waals surface area contributed by atoms with E-state index in [9.17, 15) is 4.79 Å². The van der Waals surface area contributed by atoms with Gasteiger partial charge in [-0.05, 0) is 12.8 Å². The molecule has 1 unspecified atom stereocenters. The highest BCUT2D eigenvalue weighted by atomic mass is 16.5. The van der Waals surface area contributed by atoms with Gasteiger partial charge in [-0.1, -0.05) is 67.1 Å². The molecule has 24 heavy (non-hydrogen) atoms. The first-order valence-corrected chi connectivity index (χ1v) is 8.40. The lowest BCUT2D eigenvalue weighted by Crippen LogP contribution is -2.34. The maximum Gasteiger partial charge on any atom is 0.229 e. The summed E-state index contributed by atoms with van der Waals surface area (Å²) >= 11 is 0. The van der Waals surface area contributed by atoms with E-state index in [-0.39, 0.29) is 18.1 Å². The minimum absolute atomic E-state index is 0.0557. The fourth-order valence-corrected chi connectivity index (χ4v) is 2.98. The number of ether oxygens (including phenoxy) is 1. The molecule has 0 aromatic heterocycles. The van der Waals surface area contributed by atoms with Crippen molar-refractivity contribution >= 4 is 11.6 Å². The van der Waals surface area contributed by atoms with Crippen LogP contribution in [0.25, 0.3) is 5.70 Å². The van der Waals surface area contributed by atoms with Crippen LogP contribution < -0.4 is 10.6 Å². The Morgan fingerprint density at radius 3 is 2.29 bits per heavy atom. The summed E-state index contributed by atoms with van der Waals surface area (Å²) < 4.78 is 6.04. The quantitative estimate of drug-likeness (QED) is 0.906. The Bertz CT molecular complexity index is 752. The second-order valence-electron chi connectivity index (χ2n) is 6.24. The lowest BCUT2D eigenvalue weighted by atomic mass is 9.85. The van der Waals surface area contributed by atoms with Crippen molar-refractivity contribution in [2.45, 2.75) is 25.5 Å². The molecule has 1 aliphatic heterocycles. The molecule has 0 saturated heterocycles. The lowest BCUT2D eigenvalue weighted by molar-refractivity contribution is -0.127. The van der Waals surface area contributed by atoms with Gasteiger partial charge in [0.2, 0.25) is 11.8 Å². The van der Waals surface area contributed by atoms with Gasteiger partial charge in [0, 0.05) is 17.0 Å². The fraction of sp³-hybridized carbons (Fsp3) is 0.250. The molecule has 1 saturated carbocycles. The number of hydrogen-bond donors (Lipinski definition) is 2. The predicted molar refractivity (Wildman–Crippen MR) is 92.2 cm³/mol. The topological polar surface area (TPSA) is 50.4 Å². The van der Waals surface area contributed by atoms with Gasteiger partial charge in [-0.2, -0.15) is 0 Å². The molecule has 2 aliphatic rings. The summed E-state index contributed by atoms with van der Waals surface area (Å²) in [5.74, 6) is 0.695. The monoisotopic (exact) mass is 320 g/mol. The Morgan fingerprint density at radius 2 is 1.67 bits per heavy atom. The minimum Gasteiger partial charge on any atom is -0.449 e. The zero-order valence-electron chi connectivity index (χ0n) is 13.4. The van der Waals surface area contributed by atoms with Crippen LogP contribution in [0.5, 0.6) is 0 Å². The van der Waals surface area contributed by atoms with Crippen molar-refractivity contribution in [1.29, 1.82) is 0 Å². The van der Waals surface area contributed by atoms with E-state index in [1.807, 2.05) is 60.7 Å². The van der Waals surface area contributed by atoms with Crippen molar-refractivity contribution in [2.75, 3.05) is 0 Å². The van der Waals surface area contributed by atoms with Crippen LogP contribution in [-0.4, -0.2) is 5.91 Å². The van der Waals surface area contributed by atoms with Gasteiger partial charge in [0.15, 0.2) is 6.23 Å². The third kappa shape index (κ3) is 2.87. The van der Waals surface area contributed by atoms with Crippen LogP contribution in [0.1, 0.15) is 36.6 Å². The number of benzene rings is 2. The molecule has 1 aliphatic carbocycles. The highest BCUT2D eigenvalue weighted by molar-refractivity contribution is 5.83. The highest BCUT2D eigenvalue weighted by Gasteiger charge is 2.31. The van der Waals surface area contributed by atoms with E-state index in [0.717, 1.165) is 36.1 Å². The first-order valence-electron chi connectivity index (χ1n) is 8.40. The third-order valence-corrected chi connectivity index (χ3v) is 4.62. The van der Waals surface area contributed by atoms with E-state index in [2.05, 4.69) is 10.6 Å². The Balaban J connectivity index is 1.60. The van der Waals surface area contributed by atoms with E-state index >= 15 is 0 Å². The number of carbonyl (C=O) groups is 1. The molecule has 2 N–H and O–H groups in total. The molecule has 4 nitrogen and oxygen atoms in total. The molecular weight excluding hydrogens is 300 g/mol. The molecule has 122 valence electrons. The van der Waals surface area contributed by atoms with Gasteiger partial charge in [0.25, 0.3) is 0 Å². The van der Waals surface area contributed by atoms with E-state index in [1.165, 1.54) is 0 Å². The summed E-state index contributed by atoms with van der Waals surface area (Å²) in [6.07, 6.45) is 2.78. The van der Waals surface area contributed by atoms with Crippen molar-refractivity contribution < 1.29 is 9.53 Å². The van der Waals surface area contributed by atoms with Crippen molar-refractivity contribution in [3.8, 4) is 0 Å². The van der Waals surface area contributed by atoms with Gasteiger partial charge in [0.1, 0.15) is 5.70 Å². The van der Waals surface area contributed by atoms with E-state index in [1.54, 1.807) is 0 Å². The van der Waals surface area contributed by atoms with Crippen molar-refractivity contribution in [3.05, 3.63) is 77.7 Å². The number of hydrogen-bond acceptors (Lipinski definition) is 3. The van der Waals surface area contributed by atoms with Gasteiger partial charge in [0.05, 0.1) is 0 Å². The van der Waals surface area contributed by atoms with Crippen LogP contribution >= 0.6 is 0 Å². The van der Waals surface area contributed by atoms with Crippen LogP contribution in [0.15, 0.2) is 66.5 Å². The molecule has 0 spiro atoms. The number of rotatable bonds is 4. The van der Waals surface area contributed by atoms with Gasteiger partial charge < -0.3 is 10.1 Å². The van der Waals surface area contributed by atoms with Crippen molar-refractivity contribution in [1.82, 2.24) is 10.6 Å². The normalized spacial score (nSPS) is 20.1. The summed E-state index contributed by atoms with van der Waals surface area (Å²) in [6, 6.07) is 19.9. The van der Waals surface area contributed by atoms with E-state index in [4.69, 9.17) is 4.74 Å². The van der Waals surface area contributed by atoms with Gasteiger partial charge >= 0.3 is 0 Å². The average molecular weight is 320 g/mol. The zero-order valence-corrected chi connectivity index (χ0v) is 13.4. The van der Waals surface area contributed by atoms with Crippen molar-refractivity contribution in [3.63, 3.8) is 0 Å². The first-order chi connectivity index (χ1) is 11.8. The maximum atomic E-state index is 12.3. The van der Waals surface area contributed by atoms with Crippen LogP contribution in [0.4, 0.5) is 0 Å². The number of amides is 1. The number of carbonyl (C=O) groups excluding carboxylic acids is 1. The van der Waals surface area contributed by atoms with E-state index in [0.29, 0.717) is 5.88 Å². The standard InChI is InChI=1S/C20H20N2O2/c23-18(15-12-7-13-15)22-20-17(14-8-3-1-4-9-14)21-19(24-20)16-10-5-2-6-11-16/h1-6,8-11,15,19,21H,7,12-13H2,(H,22,23). The summed E-state index contributed by atoms with van der Waals surface area (Å²) in [6.45, 7) is 0. The molecule has 2 aromatic rings. The minimum atomic E-state index is -0.293. The van der Waals surface area contributed by atoms with Gasteiger partial charge in [-0.15, -0.1) is 0 Å². The first kappa shape index (κ1) is 14.8. The summed E-state index contributed by atoms with van der Waals surface area (Å²) in [7, 11) is 0. The second-order valence-corrected chi connectivity index (χ2v) is 6.24. The zero-order chi connectivity index (χ0) is 16.4. The Kier molecular flexibility index (Phi) is 3.95. The fourth-order valence-electron chi connectivity index (χ4n) is 2.98. The summed E-state index contributed by atoms with van der Waals surface area (Å²) in [5.41, 5.74) is 2.86. The molecule has 4 rings (SSSR count). The van der Waals surface area contributed by atoms with Crippen LogP contribution in [-0.2, 0) is 9.53 Å². The van der Waals surface area contributed by atoms with Crippen molar-refractivity contribution in [2.24, 2.45) is 5.92 Å². The lowest BCUT2D eigenvalue weighted by Gasteiger charge is -2.24. The highest BCUT2D eigenvalue weighted by Crippen LogP contribution is 2.32. The van der Waals surface area contributed by atoms with E-state index < -0.39 is 0 Å². The second kappa shape index (κ2) is 6.40. The Morgan fingerprint density at radius 1 is 1.00 bits per heavy atom. The molecule has 0 bridgehead atoms. The largest absolute Gasteiger partial charge is 0.449 e. The Labute approximate surface area is 141 Å². The Hall–Kier alpha value is -2.75. The molecule has 1 atom stereocenters. The summed E-state index contributed by atoms with van der Waals surface area (Å²) in [5, 5.41) is 6.38. The van der Waals surface area contributed by atoms with Crippen LogP contribution in [0.2, 0.25) is 0 Å². The predicted octanol–water partition coefficient (Wildman–Crippen LogP) is 3.55. The number of nitrogens with one attached hydrogen (secondary N) is 2. The molecule has 1 heterocycles. The van der Waals surface area contributed by atoms with Crippen LogP contribution in [0, 0.1) is 5.92 Å². The average Bonchev–Trinajstić information content (AvgIpc) is 2.98. The molecule has 4 heteroatoms. The molecular formula is C20H20N2O2. The molecule has 0 radical (unpaired) electrons. The maximum absolute atomic E-state index is 12.3. The molecule has 2 aromatic carbocycles. The molecule has 1 amide bonds. The van der Waals surface area contributed by atoms with Crippen LogP contribution in [0.3, 0.4) is 0 Å². The van der Waals surface area contributed by atoms with Gasteiger partial charge in [-0.3, -0.25) is 10.1 Å². The summed E-state index contributed by atoms with van der Waals surface area (Å²) in [4.78, 5) is 12.3. The third-order valence-electron chi connectivity index (χ3n) is 4.62. The smallest absolute Gasteiger partial charge is 0.229 e. The SMILES string of the molecule is O=C(NC1=C(c2ccccc2)NC(c2ccccc2)O1)C1CCC1. The molecule has 1 fully saturated rings.